The second-order valence-electron chi connectivity index (χ2n) is 5.19. The molecule has 0 bridgehead atoms. The van der Waals surface area contributed by atoms with Crippen molar-refractivity contribution in [3.05, 3.63) is 72.3 Å². The molecule has 0 aliphatic rings. The van der Waals surface area contributed by atoms with E-state index >= 15 is 0 Å². The molecule has 0 amide bonds. The van der Waals surface area contributed by atoms with E-state index in [9.17, 15) is 4.79 Å². The van der Waals surface area contributed by atoms with Crippen molar-refractivity contribution >= 4 is 34.5 Å². The summed E-state index contributed by atoms with van der Waals surface area (Å²) < 4.78 is 4.91. The number of nitrogens with one attached hydrogen (secondary N) is 1. The molecule has 0 aliphatic carbocycles. The Hall–Kier alpha value is -3.14. The average molecular weight is 318 g/mol. The number of anilines is 2. The van der Waals surface area contributed by atoms with E-state index in [4.69, 9.17) is 4.74 Å². The van der Waals surface area contributed by atoms with Crippen molar-refractivity contribution in [2.45, 2.75) is 6.92 Å². The Morgan fingerprint density at radius 3 is 2.75 bits per heavy atom. The fourth-order valence-electron chi connectivity index (χ4n) is 2.38. The Balaban J connectivity index is 1.85. The van der Waals surface area contributed by atoms with Gasteiger partial charge in [0, 0.05) is 17.1 Å². The summed E-state index contributed by atoms with van der Waals surface area (Å²) in [5.74, 6) is 0.404. The lowest BCUT2D eigenvalue weighted by molar-refractivity contribution is -0.137. The predicted octanol–water partition coefficient (Wildman–Crippen LogP) is 4.55. The Labute approximate surface area is 140 Å². The van der Waals surface area contributed by atoms with Crippen molar-refractivity contribution in [2.75, 3.05) is 11.9 Å². The summed E-state index contributed by atoms with van der Waals surface area (Å²) >= 11 is 0. The smallest absolute Gasteiger partial charge is 0.330 e. The van der Waals surface area contributed by atoms with Crippen LogP contribution in [-0.4, -0.2) is 17.6 Å². The van der Waals surface area contributed by atoms with Crippen LogP contribution in [0.4, 0.5) is 11.5 Å². The van der Waals surface area contributed by atoms with Crippen LogP contribution in [0.15, 0.2) is 66.7 Å². The molecule has 4 nitrogen and oxygen atoms in total. The number of carbonyl (C=O) groups excluding carboxylic acids is 1. The molecule has 0 radical (unpaired) electrons. The molecule has 2 aromatic carbocycles. The van der Waals surface area contributed by atoms with Gasteiger partial charge in [0.15, 0.2) is 0 Å². The first kappa shape index (κ1) is 15.7. The third kappa shape index (κ3) is 3.79. The Bertz CT molecular complexity index is 887. The SMILES string of the molecule is CCOC(=O)/C=C/c1ccccc1Nc1ccc2ccccc2n1. The molecule has 1 aromatic heterocycles. The first-order valence-electron chi connectivity index (χ1n) is 7.83. The molecule has 24 heavy (non-hydrogen) atoms. The van der Waals surface area contributed by atoms with Gasteiger partial charge in [-0.05, 0) is 42.8 Å². The molecule has 0 atom stereocenters. The summed E-state index contributed by atoms with van der Waals surface area (Å²) in [5.41, 5.74) is 2.70. The van der Waals surface area contributed by atoms with E-state index in [1.807, 2.05) is 60.7 Å². The number of para-hydroxylation sites is 2. The highest BCUT2D eigenvalue weighted by molar-refractivity contribution is 5.89. The minimum atomic E-state index is -0.351. The van der Waals surface area contributed by atoms with Gasteiger partial charge in [0.1, 0.15) is 5.82 Å². The first-order valence-corrected chi connectivity index (χ1v) is 7.83. The van der Waals surface area contributed by atoms with Crippen LogP contribution in [0.2, 0.25) is 0 Å². The van der Waals surface area contributed by atoms with Gasteiger partial charge in [-0.15, -0.1) is 0 Å². The number of carbonyl (C=O) groups is 1. The lowest BCUT2D eigenvalue weighted by atomic mass is 10.1. The normalized spacial score (nSPS) is 10.9. The number of esters is 1. The molecule has 0 fully saturated rings. The van der Waals surface area contributed by atoms with Gasteiger partial charge in [0.2, 0.25) is 0 Å². The van der Waals surface area contributed by atoms with Crippen LogP contribution in [0.3, 0.4) is 0 Å². The molecule has 0 aliphatic heterocycles. The van der Waals surface area contributed by atoms with Gasteiger partial charge in [0.25, 0.3) is 0 Å². The highest BCUT2D eigenvalue weighted by Gasteiger charge is 2.03. The number of fused-ring (bicyclic) bond motifs is 1. The standard InChI is InChI=1S/C20H18N2O2/c1-2-24-20(23)14-12-16-8-4-6-10-18(16)22-19-13-11-15-7-3-5-9-17(15)21-19/h3-14H,2H2,1H3,(H,21,22)/b14-12+. The summed E-state index contributed by atoms with van der Waals surface area (Å²) in [4.78, 5) is 16.1. The van der Waals surface area contributed by atoms with E-state index in [1.165, 1.54) is 6.08 Å². The molecule has 0 saturated heterocycles. The number of hydrogen-bond acceptors (Lipinski definition) is 4. The van der Waals surface area contributed by atoms with E-state index < -0.39 is 0 Å². The third-order valence-electron chi connectivity index (χ3n) is 3.51. The minimum Gasteiger partial charge on any atom is -0.463 e. The van der Waals surface area contributed by atoms with Crippen LogP contribution < -0.4 is 5.32 Å². The summed E-state index contributed by atoms with van der Waals surface area (Å²) in [5, 5.41) is 4.40. The average Bonchev–Trinajstić information content (AvgIpc) is 2.61. The van der Waals surface area contributed by atoms with Crippen molar-refractivity contribution in [2.24, 2.45) is 0 Å². The fraction of sp³-hybridized carbons (Fsp3) is 0.100. The van der Waals surface area contributed by atoms with Crippen molar-refractivity contribution in [1.82, 2.24) is 4.98 Å². The van der Waals surface area contributed by atoms with Gasteiger partial charge >= 0.3 is 5.97 Å². The molecular weight excluding hydrogens is 300 g/mol. The molecule has 4 heteroatoms. The summed E-state index contributed by atoms with van der Waals surface area (Å²) in [6.07, 6.45) is 3.17. The number of nitrogens with zero attached hydrogens (tertiary/aromatic N) is 1. The molecular formula is C20H18N2O2. The molecule has 120 valence electrons. The van der Waals surface area contributed by atoms with Crippen molar-refractivity contribution < 1.29 is 9.53 Å². The van der Waals surface area contributed by atoms with Gasteiger partial charge in [-0.2, -0.15) is 0 Å². The molecule has 0 saturated carbocycles. The largest absolute Gasteiger partial charge is 0.463 e. The zero-order chi connectivity index (χ0) is 16.8. The van der Waals surface area contributed by atoms with Crippen LogP contribution >= 0.6 is 0 Å². The van der Waals surface area contributed by atoms with E-state index in [2.05, 4.69) is 10.3 Å². The fourth-order valence-corrected chi connectivity index (χ4v) is 2.38. The third-order valence-corrected chi connectivity index (χ3v) is 3.51. The van der Waals surface area contributed by atoms with Crippen LogP contribution in [0.25, 0.3) is 17.0 Å². The predicted molar refractivity (Wildman–Crippen MR) is 97.1 cm³/mol. The van der Waals surface area contributed by atoms with E-state index in [0.717, 1.165) is 28.0 Å². The van der Waals surface area contributed by atoms with E-state index in [1.54, 1.807) is 13.0 Å². The lowest BCUT2D eigenvalue weighted by Gasteiger charge is -2.09. The highest BCUT2D eigenvalue weighted by atomic mass is 16.5. The van der Waals surface area contributed by atoms with Gasteiger partial charge in [-0.1, -0.05) is 36.4 Å². The number of benzene rings is 2. The maximum absolute atomic E-state index is 11.5. The molecule has 3 aromatic rings. The quantitative estimate of drug-likeness (QED) is 0.553. The van der Waals surface area contributed by atoms with Crippen molar-refractivity contribution in [3.8, 4) is 0 Å². The van der Waals surface area contributed by atoms with Crippen LogP contribution in [0.1, 0.15) is 12.5 Å². The Kier molecular flexibility index (Phi) is 4.87. The molecule has 1 heterocycles. The number of ether oxygens (including phenoxy) is 1. The summed E-state index contributed by atoms with van der Waals surface area (Å²) in [7, 11) is 0. The first-order chi connectivity index (χ1) is 11.8. The van der Waals surface area contributed by atoms with Gasteiger partial charge < -0.3 is 10.1 Å². The second-order valence-corrected chi connectivity index (χ2v) is 5.19. The van der Waals surface area contributed by atoms with Crippen LogP contribution in [0, 0.1) is 0 Å². The minimum absolute atomic E-state index is 0.351. The Morgan fingerprint density at radius 1 is 1.08 bits per heavy atom. The monoisotopic (exact) mass is 318 g/mol. The number of rotatable bonds is 5. The van der Waals surface area contributed by atoms with Crippen LogP contribution in [0.5, 0.6) is 0 Å². The molecule has 1 N–H and O–H groups in total. The Morgan fingerprint density at radius 2 is 1.88 bits per heavy atom. The topological polar surface area (TPSA) is 51.2 Å². The van der Waals surface area contributed by atoms with E-state index in [-0.39, 0.29) is 5.97 Å². The van der Waals surface area contributed by atoms with Gasteiger partial charge in [-0.25, -0.2) is 9.78 Å². The van der Waals surface area contributed by atoms with Crippen LogP contribution in [-0.2, 0) is 9.53 Å². The second kappa shape index (κ2) is 7.42. The highest BCUT2D eigenvalue weighted by Crippen LogP contribution is 2.22. The summed E-state index contributed by atoms with van der Waals surface area (Å²) in [6, 6.07) is 19.7. The van der Waals surface area contributed by atoms with E-state index in [0.29, 0.717) is 6.61 Å². The molecule has 0 spiro atoms. The number of pyridine rings is 1. The lowest BCUT2D eigenvalue weighted by Crippen LogP contribution is -1.99. The zero-order valence-electron chi connectivity index (χ0n) is 13.4. The van der Waals surface area contributed by atoms with Gasteiger partial charge in [-0.3, -0.25) is 0 Å². The molecule has 0 unspecified atom stereocenters. The summed E-state index contributed by atoms with van der Waals surface area (Å²) in [6.45, 7) is 2.15. The maximum atomic E-state index is 11.5. The van der Waals surface area contributed by atoms with Gasteiger partial charge in [0.05, 0.1) is 12.1 Å². The zero-order valence-corrected chi connectivity index (χ0v) is 13.4. The molecule has 3 rings (SSSR count). The van der Waals surface area contributed by atoms with Crippen molar-refractivity contribution in [1.29, 1.82) is 0 Å². The maximum Gasteiger partial charge on any atom is 0.330 e. The van der Waals surface area contributed by atoms with Crippen molar-refractivity contribution in [3.63, 3.8) is 0 Å². The number of aromatic nitrogens is 1. The number of hydrogen-bond donors (Lipinski definition) is 1.